The fourth-order valence-corrected chi connectivity index (χ4v) is 1.11. The molecule has 1 heterocycles. The van der Waals surface area contributed by atoms with Crippen LogP contribution >= 0.6 is 0 Å². The molecule has 0 aromatic heterocycles. The van der Waals surface area contributed by atoms with Crippen LogP contribution in [0.2, 0.25) is 0 Å². The van der Waals surface area contributed by atoms with Gasteiger partial charge in [-0.05, 0) is 19.4 Å². The minimum absolute atomic E-state index is 0.212. The molecule has 0 unspecified atom stereocenters. The number of nitrogens with one attached hydrogen (secondary N) is 1. The highest BCUT2D eigenvalue weighted by Gasteiger charge is 2.25. The maximum atomic E-state index is 11.7. The van der Waals surface area contributed by atoms with Crippen LogP contribution in [0.5, 0.6) is 0 Å². The molecule has 1 rings (SSSR count). The third-order valence-electron chi connectivity index (χ3n) is 1.96. The van der Waals surface area contributed by atoms with Crippen molar-refractivity contribution in [2.24, 2.45) is 0 Å². The number of unbranched alkanes of at least 4 members (excludes halogenated alkanes) is 1. The zero-order valence-electron chi connectivity index (χ0n) is 7.36. The summed E-state index contributed by atoms with van der Waals surface area (Å²) in [5, 5.41) is 3.11. The first-order chi connectivity index (χ1) is 6.08. The number of rotatable bonds is 5. The lowest BCUT2D eigenvalue weighted by atomic mass is 10.2. The Balaban J connectivity index is 1.83. The molecule has 0 spiro atoms. The fraction of sp³-hybridized carbons (Fsp3) is 1.00. The molecular formula is C8H14F3NO. The molecule has 1 aliphatic rings. The van der Waals surface area contributed by atoms with Crippen LogP contribution in [0.15, 0.2) is 0 Å². The number of ether oxygens (including phenoxy) is 1. The van der Waals surface area contributed by atoms with Crippen LogP contribution < -0.4 is 5.32 Å². The zero-order valence-corrected chi connectivity index (χ0v) is 7.36. The molecule has 1 N–H and O–H groups in total. The topological polar surface area (TPSA) is 21.3 Å². The molecule has 0 amide bonds. The van der Waals surface area contributed by atoms with Crippen molar-refractivity contribution < 1.29 is 17.9 Å². The van der Waals surface area contributed by atoms with Gasteiger partial charge in [0.2, 0.25) is 0 Å². The zero-order chi connectivity index (χ0) is 9.73. The second-order valence-corrected chi connectivity index (χ2v) is 3.26. The molecule has 1 aliphatic heterocycles. The maximum Gasteiger partial charge on any atom is 0.389 e. The van der Waals surface area contributed by atoms with Crippen molar-refractivity contribution in [3.05, 3.63) is 0 Å². The second-order valence-electron chi connectivity index (χ2n) is 3.26. The lowest BCUT2D eigenvalue weighted by Crippen LogP contribution is -2.46. The highest BCUT2D eigenvalue weighted by molar-refractivity contribution is 4.72. The number of halogens is 3. The van der Waals surface area contributed by atoms with Gasteiger partial charge in [0.25, 0.3) is 0 Å². The van der Waals surface area contributed by atoms with Gasteiger partial charge in [-0.25, -0.2) is 0 Å². The highest BCUT2D eigenvalue weighted by Crippen LogP contribution is 2.21. The minimum atomic E-state index is -4.00. The largest absolute Gasteiger partial charge is 0.389 e. The first-order valence-corrected chi connectivity index (χ1v) is 4.46. The predicted molar refractivity (Wildman–Crippen MR) is 42.5 cm³/mol. The summed E-state index contributed by atoms with van der Waals surface area (Å²) in [7, 11) is 0. The third kappa shape index (κ3) is 5.10. The van der Waals surface area contributed by atoms with Gasteiger partial charge in [0.05, 0.1) is 19.3 Å². The fourth-order valence-electron chi connectivity index (χ4n) is 1.11. The number of alkyl halides is 3. The summed E-state index contributed by atoms with van der Waals surface area (Å²) in [6.45, 7) is 2.04. The van der Waals surface area contributed by atoms with Crippen molar-refractivity contribution >= 4 is 0 Å². The van der Waals surface area contributed by atoms with Gasteiger partial charge in [-0.15, -0.1) is 0 Å². The summed E-state index contributed by atoms with van der Waals surface area (Å²) >= 11 is 0. The Hall–Kier alpha value is -0.290. The second kappa shape index (κ2) is 4.81. The smallest absolute Gasteiger partial charge is 0.378 e. The van der Waals surface area contributed by atoms with Gasteiger partial charge in [-0.2, -0.15) is 13.2 Å². The SMILES string of the molecule is FC(F)(F)CCCCNC1COC1. The Morgan fingerprint density at radius 3 is 2.38 bits per heavy atom. The lowest BCUT2D eigenvalue weighted by Gasteiger charge is -2.26. The van der Waals surface area contributed by atoms with Gasteiger partial charge in [0.1, 0.15) is 0 Å². The van der Waals surface area contributed by atoms with E-state index in [1.54, 1.807) is 0 Å². The van der Waals surface area contributed by atoms with Crippen molar-refractivity contribution in [3.63, 3.8) is 0 Å². The summed E-state index contributed by atoms with van der Waals surface area (Å²) in [5.41, 5.74) is 0. The van der Waals surface area contributed by atoms with E-state index in [1.165, 1.54) is 0 Å². The van der Waals surface area contributed by atoms with E-state index in [2.05, 4.69) is 5.32 Å². The van der Waals surface area contributed by atoms with E-state index in [4.69, 9.17) is 4.74 Å². The number of hydrogen-bond donors (Lipinski definition) is 1. The first kappa shape index (κ1) is 10.8. The Kier molecular flexibility index (Phi) is 3.99. The monoisotopic (exact) mass is 197 g/mol. The predicted octanol–water partition coefficient (Wildman–Crippen LogP) is 1.71. The molecule has 2 nitrogen and oxygen atoms in total. The van der Waals surface area contributed by atoms with Crippen LogP contribution in [0.4, 0.5) is 13.2 Å². The van der Waals surface area contributed by atoms with E-state index in [1.807, 2.05) is 0 Å². The molecule has 0 saturated carbocycles. The molecule has 1 saturated heterocycles. The Labute approximate surface area is 75.4 Å². The molecule has 0 radical (unpaired) electrons. The standard InChI is InChI=1S/C8H14F3NO/c9-8(10,11)3-1-2-4-12-7-5-13-6-7/h7,12H,1-6H2. The van der Waals surface area contributed by atoms with E-state index in [-0.39, 0.29) is 6.42 Å². The van der Waals surface area contributed by atoms with Gasteiger partial charge >= 0.3 is 6.18 Å². The van der Waals surface area contributed by atoms with E-state index < -0.39 is 12.6 Å². The van der Waals surface area contributed by atoms with Gasteiger partial charge in [-0.1, -0.05) is 0 Å². The van der Waals surface area contributed by atoms with Crippen molar-refractivity contribution in [1.29, 1.82) is 0 Å². The molecule has 0 aromatic carbocycles. The van der Waals surface area contributed by atoms with Crippen molar-refractivity contribution in [2.75, 3.05) is 19.8 Å². The van der Waals surface area contributed by atoms with Gasteiger partial charge in [0.15, 0.2) is 0 Å². The van der Waals surface area contributed by atoms with Crippen LogP contribution in [-0.2, 0) is 4.74 Å². The van der Waals surface area contributed by atoms with E-state index in [0.717, 1.165) is 0 Å². The van der Waals surface area contributed by atoms with E-state index >= 15 is 0 Å². The molecule has 1 fully saturated rings. The lowest BCUT2D eigenvalue weighted by molar-refractivity contribution is -0.135. The molecular weight excluding hydrogens is 183 g/mol. The Morgan fingerprint density at radius 2 is 1.92 bits per heavy atom. The summed E-state index contributed by atoms with van der Waals surface area (Å²) < 4.78 is 39.9. The molecule has 0 aliphatic carbocycles. The van der Waals surface area contributed by atoms with Gasteiger partial charge in [-0.3, -0.25) is 0 Å². The van der Waals surface area contributed by atoms with Crippen LogP contribution in [0.3, 0.4) is 0 Å². The van der Waals surface area contributed by atoms with Crippen LogP contribution in [0, 0.1) is 0 Å². The third-order valence-corrected chi connectivity index (χ3v) is 1.96. The maximum absolute atomic E-state index is 11.7. The van der Waals surface area contributed by atoms with Crippen LogP contribution in [-0.4, -0.2) is 32.0 Å². The summed E-state index contributed by atoms with van der Waals surface area (Å²) in [4.78, 5) is 0. The van der Waals surface area contributed by atoms with Crippen LogP contribution in [0.1, 0.15) is 19.3 Å². The van der Waals surface area contributed by atoms with Crippen molar-refractivity contribution in [2.45, 2.75) is 31.5 Å². The quantitative estimate of drug-likeness (QED) is 0.677. The Morgan fingerprint density at radius 1 is 1.23 bits per heavy atom. The molecule has 0 atom stereocenters. The number of hydrogen-bond acceptors (Lipinski definition) is 2. The summed E-state index contributed by atoms with van der Waals surface area (Å²) in [6.07, 6.45) is -3.88. The van der Waals surface area contributed by atoms with Crippen molar-refractivity contribution in [1.82, 2.24) is 5.32 Å². The van der Waals surface area contributed by atoms with Crippen molar-refractivity contribution in [3.8, 4) is 0 Å². The molecule has 0 aromatic rings. The Bertz CT molecular complexity index is 145. The van der Waals surface area contributed by atoms with E-state index in [0.29, 0.717) is 32.2 Å². The highest BCUT2D eigenvalue weighted by atomic mass is 19.4. The van der Waals surface area contributed by atoms with Crippen LogP contribution in [0.25, 0.3) is 0 Å². The summed E-state index contributed by atoms with van der Waals surface area (Å²) in [5.74, 6) is 0. The minimum Gasteiger partial charge on any atom is -0.378 e. The normalized spacial score (nSPS) is 18.7. The van der Waals surface area contributed by atoms with E-state index in [9.17, 15) is 13.2 Å². The molecule has 78 valence electrons. The molecule has 5 heteroatoms. The first-order valence-electron chi connectivity index (χ1n) is 4.46. The van der Waals surface area contributed by atoms with Gasteiger partial charge in [0, 0.05) is 6.42 Å². The summed E-state index contributed by atoms with van der Waals surface area (Å²) in [6, 6.07) is 0.367. The average Bonchev–Trinajstić information content (AvgIpc) is 1.90. The molecule has 0 bridgehead atoms. The average molecular weight is 197 g/mol. The van der Waals surface area contributed by atoms with Gasteiger partial charge < -0.3 is 10.1 Å². The molecule has 13 heavy (non-hydrogen) atoms.